The van der Waals surface area contributed by atoms with Gasteiger partial charge in [-0.1, -0.05) is 23.7 Å². The van der Waals surface area contributed by atoms with Crippen LogP contribution in [0.4, 0.5) is 4.39 Å². The Bertz CT molecular complexity index is 768. The molecule has 0 heterocycles. The summed E-state index contributed by atoms with van der Waals surface area (Å²) in [6, 6.07) is 13.8. The van der Waals surface area contributed by atoms with E-state index in [0.29, 0.717) is 35.2 Å². The number of rotatable bonds is 5. The van der Waals surface area contributed by atoms with Crippen molar-refractivity contribution < 1.29 is 4.39 Å². The third-order valence-corrected chi connectivity index (χ3v) is 3.51. The third-order valence-electron chi connectivity index (χ3n) is 3.27. The lowest BCUT2D eigenvalue weighted by Crippen LogP contribution is -2.37. The summed E-state index contributed by atoms with van der Waals surface area (Å²) >= 11 is 5.96. The fourth-order valence-electron chi connectivity index (χ4n) is 2.11. The largest absolute Gasteiger partial charge is 0.357 e. The van der Waals surface area contributed by atoms with Crippen LogP contribution in [0.15, 0.2) is 47.5 Å². The van der Waals surface area contributed by atoms with Crippen LogP contribution in [0.3, 0.4) is 0 Å². The molecule has 0 radical (unpaired) electrons. The standard InChI is InChI=1S/C18H18ClFN4/c1-2-22-18(23-11-14-4-3-5-16(19)9-14)24-12-15-8-13(10-21)6-7-17(15)20/h3-9H,2,11-12H2,1H3,(H2,22,23,24). The Balaban J connectivity index is 2.06. The molecule has 2 aromatic carbocycles. The molecular weight excluding hydrogens is 327 g/mol. The molecular formula is C18H18ClFN4. The van der Waals surface area contributed by atoms with Gasteiger partial charge in [0.1, 0.15) is 5.82 Å². The van der Waals surface area contributed by atoms with Crippen LogP contribution in [0.5, 0.6) is 0 Å². The molecule has 2 rings (SSSR count). The van der Waals surface area contributed by atoms with Crippen molar-refractivity contribution in [1.29, 1.82) is 5.26 Å². The first-order valence-electron chi connectivity index (χ1n) is 7.57. The second kappa shape index (κ2) is 8.90. The van der Waals surface area contributed by atoms with E-state index < -0.39 is 0 Å². The van der Waals surface area contributed by atoms with Crippen molar-refractivity contribution in [3.63, 3.8) is 0 Å². The highest BCUT2D eigenvalue weighted by atomic mass is 35.5. The number of benzene rings is 2. The van der Waals surface area contributed by atoms with Gasteiger partial charge >= 0.3 is 0 Å². The van der Waals surface area contributed by atoms with Gasteiger partial charge in [-0.3, -0.25) is 0 Å². The van der Waals surface area contributed by atoms with Crippen molar-refractivity contribution in [1.82, 2.24) is 10.6 Å². The maximum absolute atomic E-state index is 13.8. The summed E-state index contributed by atoms with van der Waals surface area (Å²) in [6.45, 7) is 3.33. The van der Waals surface area contributed by atoms with Crippen LogP contribution < -0.4 is 10.6 Å². The lowest BCUT2D eigenvalue weighted by atomic mass is 10.1. The van der Waals surface area contributed by atoms with Crippen molar-refractivity contribution in [2.75, 3.05) is 6.54 Å². The van der Waals surface area contributed by atoms with Crippen LogP contribution in [-0.4, -0.2) is 12.5 Å². The number of aliphatic imine (C=N–C) groups is 1. The molecule has 0 unspecified atom stereocenters. The smallest absolute Gasteiger partial charge is 0.191 e. The van der Waals surface area contributed by atoms with E-state index in [2.05, 4.69) is 15.6 Å². The fourth-order valence-corrected chi connectivity index (χ4v) is 2.32. The number of hydrogen-bond donors (Lipinski definition) is 2. The van der Waals surface area contributed by atoms with Gasteiger partial charge in [0.25, 0.3) is 0 Å². The van der Waals surface area contributed by atoms with Crippen molar-refractivity contribution in [2.45, 2.75) is 20.0 Å². The molecule has 0 aliphatic rings. The Morgan fingerprint density at radius 1 is 1.25 bits per heavy atom. The van der Waals surface area contributed by atoms with Gasteiger partial charge in [-0.05, 0) is 42.8 Å². The molecule has 0 saturated carbocycles. The summed E-state index contributed by atoms with van der Waals surface area (Å²) in [4.78, 5) is 4.46. The minimum Gasteiger partial charge on any atom is -0.357 e. The highest BCUT2D eigenvalue weighted by Crippen LogP contribution is 2.12. The predicted molar refractivity (Wildman–Crippen MR) is 94.2 cm³/mol. The Morgan fingerprint density at radius 3 is 2.79 bits per heavy atom. The zero-order chi connectivity index (χ0) is 17.4. The summed E-state index contributed by atoms with van der Waals surface area (Å²) in [7, 11) is 0. The number of halogens is 2. The molecule has 2 N–H and O–H groups in total. The maximum Gasteiger partial charge on any atom is 0.191 e. The minimum absolute atomic E-state index is 0.239. The van der Waals surface area contributed by atoms with E-state index in [0.717, 1.165) is 5.56 Å². The molecule has 2 aromatic rings. The van der Waals surface area contributed by atoms with Crippen molar-refractivity contribution in [3.05, 3.63) is 70.0 Å². The molecule has 0 atom stereocenters. The molecule has 0 bridgehead atoms. The average Bonchev–Trinajstić information content (AvgIpc) is 2.58. The highest BCUT2D eigenvalue weighted by Gasteiger charge is 2.05. The predicted octanol–water partition coefficient (Wildman–Crippen LogP) is 3.61. The van der Waals surface area contributed by atoms with Gasteiger partial charge in [0.2, 0.25) is 0 Å². The number of nitrogens with zero attached hydrogens (tertiary/aromatic N) is 2. The van der Waals surface area contributed by atoms with Gasteiger partial charge < -0.3 is 10.6 Å². The van der Waals surface area contributed by atoms with Gasteiger partial charge in [0.15, 0.2) is 5.96 Å². The van der Waals surface area contributed by atoms with Crippen LogP contribution >= 0.6 is 11.6 Å². The molecule has 0 aromatic heterocycles. The quantitative estimate of drug-likeness (QED) is 0.643. The molecule has 0 fully saturated rings. The number of nitriles is 1. The number of guanidine groups is 1. The molecule has 24 heavy (non-hydrogen) atoms. The van der Waals surface area contributed by atoms with E-state index >= 15 is 0 Å². The molecule has 0 aliphatic heterocycles. The SMILES string of the molecule is CCNC(=NCc1cccc(Cl)c1)NCc1cc(C#N)ccc1F. The van der Waals surface area contributed by atoms with E-state index in [1.807, 2.05) is 37.3 Å². The minimum atomic E-state index is -0.354. The normalized spacial score (nSPS) is 11.0. The van der Waals surface area contributed by atoms with E-state index in [1.165, 1.54) is 18.2 Å². The molecule has 0 aliphatic carbocycles. The van der Waals surface area contributed by atoms with Crippen molar-refractivity contribution in [3.8, 4) is 6.07 Å². The van der Waals surface area contributed by atoms with Gasteiger partial charge in [0.05, 0.1) is 18.2 Å². The monoisotopic (exact) mass is 344 g/mol. The van der Waals surface area contributed by atoms with Crippen LogP contribution in [0.25, 0.3) is 0 Å². The van der Waals surface area contributed by atoms with E-state index in [1.54, 1.807) is 0 Å². The number of nitrogens with one attached hydrogen (secondary N) is 2. The van der Waals surface area contributed by atoms with E-state index in [-0.39, 0.29) is 12.4 Å². The molecule has 4 nitrogen and oxygen atoms in total. The maximum atomic E-state index is 13.8. The molecule has 124 valence electrons. The average molecular weight is 345 g/mol. The molecule has 0 spiro atoms. The summed E-state index contributed by atoms with van der Waals surface area (Å²) < 4.78 is 13.8. The first kappa shape index (κ1) is 17.8. The van der Waals surface area contributed by atoms with Crippen LogP contribution in [-0.2, 0) is 13.1 Å². The van der Waals surface area contributed by atoms with Crippen molar-refractivity contribution >= 4 is 17.6 Å². The Hall–Kier alpha value is -2.58. The van der Waals surface area contributed by atoms with Crippen LogP contribution in [0.1, 0.15) is 23.6 Å². The lowest BCUT2D eigenvalue weighted by Gasteiger charge is -2.12. The first-order chi connectivity index (χ1) is 11.6. The topological polar surface area (TPSA) is 60.2 Å². The van der Waals surface area contributed by atoms with Gasteiger partial charge in [0, 0.05) is 23.7 Å². The molecule has 0 amide bonds. The summed E-state index contributed by atoms with van der Waals surface area (Å²) in [6.07, 6.45) is 0. The third kappa shape index (κ3) is 5.25. The molecule has 6 heteroatoms. The molecule has 0 saturated heterocycles. The van der Waals surface area contributed by atoms with Crippen LogP contribution in [0, 0.1) is 17.1 Å². The fraction of sp³-hybridized carbons (Fsp3) is 0.222. The summed E-state index contributed by atoms with van der Waals surface area (Å²) in [5.41, 5.74) is 1.83. The van der Waals surface area contributed by atoms with Crippen LogP contribution in [0.2, 0.25) is 5.02 Å². The van der Waals surface area contributed by atoms with Gasteiger partial charge in [-0.2, -0.15) is 5.26 Å². The lowest BCUT2D eigenvalue weighted by molar-refractivity contribution is 0.604. The number of hydrogen-bond acceptors (Lipinski definition) is 2. The Kier molecular flexibility index (Phi) is 6.59. The zero-order valence-electron chi connectivity index (χ0n) is 13.3. The second-order valence-electron chi connectivity index (χ2n) is 5.10. The van der Waals surface area contributed by atoms with E-state index in [4.69, 9.17) is 16.9 Å². The second-order valence-corrected chi connectivity index (χ2v) is 5.53. The summed E-state index contributed by atoms with van der Waals surface area (Å²) in [5, 5.41) is 15.7. The van der Waals surface area contributed by atoms with Gasteiger partial charge in [-0.25, -0.2) is 9.38 Å². The Morgan fingerprint density at radius 2 is 2.08 bits per heavy atom. The van der Waals surface area contributed by atoms with Crippen molar-refractivity contribution in [2.24, 2.45) is 4.99 Å². The Labute approximate surface area is 146 Å². The van der Waals surface area contributed by atoms with E-state index in [9.17, 15) is 4.39 Å². The summed E-state index contributed by atoms with van der Waals surface area (Å²) in [5.74, 6) is 0.214. The van der Waals surface area contributed by atoms with Gasteiger partial charge in [-0.15, -0.1) is 0 Å². The first-order valence-corrected chi connectivity index (χ1v) is 7.95. The highest BCUT2D eigenvalue weighted by molar-refractivity contribution is 6.30. The zero-order valence-corrected chi connectivity index (χ0v) is 14.1.